The number of carbonyl (C=O) groups is 2. The maximum Gasteiger partial charge on any atom is 0.335 e. The first-order valence-corrected chi connectivity index (χ1v) is 8.18. The van der Waals surface area contributed by atoms with Gasteiger partial charge in [0.1, 0.15) is 0 Å². The molecule has 0 atom stereocenters. The molecule has 1 aromatic carbocycles. The Hall–Kier alpha value is -2.73. The topological polar surface area (TPSA) is 90.7 Å². The Morgan fingerprint density at radius 3 is 2.44 bits per heavy atom. The molecule has 3 rings (SSSR count). The number of rotatable bonds is 3. The molecule has 2 aromatic rings. The van der Waals surface area contributed by atoms with Crippen molar-refractivity contribution in [2.24, 2.45) is 0 Å². The van der Waals surface area contributed by atoms with E-state index in [9.17, 15) is 14.7 Å². The zero-order valence-electron chi connectivity index (χ0n) is 14.0. The molecule has 0 saturated carbocycles. The summed E-state index contributed by atoms with van der Waals surface area (Å²) in [5.41, 5.74) is 1.37. The monoisotopic (exact) mass is 340 g/mol. The first kappa shape index (κ1) is 17.1. The number of carboxylic acids is 1. The Morgan fingerprint density at radius 2 is 1.84 bits per heavy atom. The van der Waals surface area contributed by atoms with Gasteiger partial charge in [0.05, 0.1) is 5.69 Å². The summed E-state index contributed by atoms with van der Waals surface area (Å²) in [6.07, 6.45) is 1.78. The number of aliphatic carboxylic acids is 1. The maximum atomic E-state index is 12.9. The van der Waals surface area contributed by atoms with Gasteiger partial charge in [0.2, 0.25) is 0 Å². The molecule has 1 fully saturated rings. The van der Waals surface area contributed by atoms with Crippen LogP contribution in [0.5, 0.6) is 0 Å². The highest BCUT2D eigenvalue weighted by atomic mass is 16.4. The average Bonchev–Trinajstić information content (AvgIpc) is 2.62. The second-order valence-corrected chi connectivity index (χ2v) is 6.32. The van der Waals surface area contributed by atoms with E-state index in [1.165, 1.54) is 0 Å². The minimum atomic E-state index is -1.73. The lowest BCUT2D eigenvalue weighted by Crippen LogP contribution is -2.50. The molecule has 1 aromatic heterocycles. The van der Waals surface area contributed by atoms with E-state index < -0.39 is 11.6 Å². The summed E-state index contributed by atoms with van der Waals surface area (Å²) in [6.45, 7) is 2.32. The summed E-state index contributed by atoms with van der Waals surface area (Å²) >= 11 is 0. The predicted molar refractivity (Wildman–Crippen MR) is 92.1 cm³/mol. The predicted octanol–water partition coefficient (Wildman–Crippen LogP) is 2.11. The van der Waals surface area contributed by atoms with Gasteiger partial charge in [-0.05, 0) is 30.7 Å². The molecule has 0 aliphatic carbocycles. The third kappa shape index (κ3) is 3.25. The second-order valence-electron chi connectivity index (χ2n) is 6.32. The maximum absolute atomic E-state index is 12.9. The Balaban J connectivity index is 1.83. The Labute approximate surface area is 145 Å². The first-order valence-electron chi connectivity index (χ1n) is 8.18. The fourth-order valence-electron chi connectivity index (χ4n) is 3.13. The molecule has 6 nitrogen and oxygen atoms in total. The summed E-state index contributed by atoms with van der Waals surface area (Å²) in [7, 11) is 0. The molecule has 25 heavy (non-hydrogen) atoms. The van der Waals surface area contributed by atoms with Crippen molar-refractivity contribution in [2.45, 2.75) is 25.4 Å². The quantitative estimate of drug-likeness (QED) is 0.893. The Kier molecular flexibility index (Phi) is 4.55. The first-order chi connectivity index (χ1) is 11.9. The van der Waals surface area contributed by atoms with Crippen molar-refractivity contribution in [3.63, 3.8) is 0 Å². The van der Waals surface area contributed by atoms with Crippen molar-refractivity contribution in [1.29, 1.82) is 0 Å². The van der Waals surface area contributed by atoms with E-state index in [1.807, 2.05) is 37.3 Å². The van der Waals surface area contributed by atoms with Gasteiger partial charge in [-0.1, -0.05) is 18.2 Å². The van der Waals surface area contributed by atoms with Crippen molar-refractivity contribution < 1.29 is 19.8 Å². The number of carbonyl (C=O) groups excluding carboxylic acids is 1. The number of piperidine rings is 1. The van der Waals surface area contributed by atoms with Crippen LogP contribution in [0.1, 0.15) is 28.8 Å². The lowest BCUT2D eigenvalue weighted by molar-refractivity contribution is -0.162. The number of aromatic nitrogens is 1. The van der Waals surface area contributed by atoms with Gasteiger partial charge in [-0.2, -0.15) is 0 Å². The van der Waals surface area contributed by atoms with Crippen molar-refractivity contribution in [3.8, 4) is 11.3 Å². The molecule has 1 amide bonds. The molecule has 0 bridgehead atoms. The normalized spacial score (nSPS) is 16.5. The van der Waals surface area contributed by atoms with Crippen LogP contribution in [0.15, 0.2) is 42.6 Å². The van der Waals surface area contributed by atoms with Crippen LogP contribution in [-0.2, 0) is 4.79 Å². The minimum absolute atomic E-state index is 0.0348. The van der Waals surface area contributed by atoms with Crippen LogP contribution in [0.4, 0.5) is 0 Å². The van der Waals surface area contributed by atoms with E-state index >= 15 is 0 Å². The Bertz CT molecular complexity index is 796. The highest BCUT2D eigenvalue weighted by Crippen LogP contribution is 2.27. The van der Waals surface area contributed by atoms with E-state index in [4.69, 9.17) is 5.11 Å². The van der Waals surface area contributed by atoms with Gasteiger partial charge < -0.3 is 15.1 Å². The summed E-state index contributed by atoms with van der Waals surface area (Å²) in [6, 6.07) is 11.1. The van der Waals surface area contributed by atoms with Crippen LogP contribution >= 0.6 is 0 Å². The van der Waals surface area contributed by atoms with Crippen molar-refractivity contribution >= 4 is 11.9 Å². The van der Waals surface area contributed by atoms with Gasteiger partial charge >= 0.3 is 5.97 Å². The largest absolute Gasteiger partial charge is 0.479 e. The van der Waals surface area contributed by atoms with Crippen molar-refractivity contribution in [3.05, 3.63) is 53.7 Å². The summed E-state index contributed by atoms with van der Waals surface area (Å²) in [5.74, 6) is -1.38. The van der Waals surface area contributed by atoms with Crippen molar-refractivity contribution in [2.75, 3.05) is 13.1 Å². The summed E-state index contributed by atoms with van der Waals surface area (Å²) < 4.78 is 0. The molecule has 2 heterocycles. The standard InChI is InChI=1S/C19H20N2O4/c1-13-14(16-7-2-3-10-20-16)5-4-6-15(13)17(22)21-11-8-19(25,9-12-21)18(23)24/h2-7,10,25H,8-9,11-12H2,1H3,(H,23,24). The van der Waals surface area contributed by atoms with Crippen LogP contribution in [0.3, 0.4) is 0 Å². The van der Waals surface area contributed by atoms with Crippen LogP contribution in [0.25, 0.3) is 11.3 Å². The zero-order chi connectivity index (χ0) is 18.0. The molecular formula is C19H20N2O4. The molecule has 1 aliphatic rings. The van der Waals surface area contributed by atoms with Gasteiger partial charge in [0.25, 0.3) is 5.91 Å². The number of amides is 1. The number of benzene rings is 1. The SMILES string of the molecule is Cc1c(C(=O)N2CCC(O)(C(=O)O)CC2)cccc1-c1ccccn1. The number of carboxylic acid groups (broad SMARTS) is 1. The second kappa shape index (κ2) is 6.64. The number of likely N-dealkylation sites (tertiary alicyclic amines) is 1. The third-order valence-corrected chi connectivity index (χ3v) is 4.78. The lowest BCUT2D eigenvalue weighted by atomic mass is 9.91. The molecular weight excluding hydrogens is 320 g/mol. The van der Waals surface area contributed by atoms with E-state index in [1.54, 1.807) is 17.2 Å². The van der Waals surface area contributed by atoms with Crippen LogP contribution < -0.4 is 0 Å². The van der Waals surface area contributed by atoms with Gasteiger partial charge in [-0.15, -0.1) is 0 Å². The van der Waals surface area contributed by atoms with E-state index in [0.717, 1.165) is 16.8 Å². The Morgan fingerprint density at radius 1 is 1.12 bits per heavy atom. The van der Waals surface area contributed by atoms with E-state index in [2.05, 4.69) is 4.98 Å². The van der Waals surface area contributed by atoms with E-state index in [-0.39, 0.29) is 31.8 Å². The highest BCUT2D eigenvalue weighted by Gasteiger charge is 2.40. The van der Waals surface area contributed by atoms with Gasteiger partial charge in [-0.3, -0.25) is 9.78 Å². The lowest BCUT2D eigenvalue weighted by Gasteiger charge is -2.35. The average molecular weight is 340 g/mol. The highest BCUT2D eigenvalue weighted by molar-refractivity contribution is 5.97. The van der Waals surface area contributed by atoms with Crippen molar-refractivity contribution in [1.82, 2.24) is 9.88 Å². The number of pyridine rings is 1. The van der Waals surface area contributed by atoms with Crippen LogP contribution in [0, 0.1) is 6.92 Å². The van der Waals surface area contributed by atoms with Gasteiger partial charge in [0.15, 0.2) is 5.60 Å². The number of hydrogen-bond donors (Lipinski definition) is 2. The molecule has 1 saturated heterocycles. The minimum Gasteiger partial charge on any atom is -0.479 e. The van der Waals surface area contributed by atoms with E-state index in [0.29, 0.717) is 5.56 Å². The molecule has 6 heteroatoms. The number of hydrogen-bond acceptors (Lipinski definition) is 4. The number of nitrogens with zero attached hydrogens (tertiary/aromatic N) is 2. The summed E-state index contributed by atoms with van der Waals surface area (Å²) in [4.78, 5) is 29.9. The van der Waals surface area contributed by atoms with Crippen LogP contribution in [-0.4, -0.2) is 50.7 Å². The number of aliphatic hydroxyl groups is 1. The third-order valence-electron chi connectivity index (χ3n) is 4.78. The van der Waals surface area contributed by atoms with Crippen LogP contribution in [0.2, 0.25) is 0 Å². The molecule has 130 valence electrons. The van der Waals surface area contributed by atoms with Gasteiger partial charge in [-0.25, -0.2) is 4.79 Å². The molecule has 0 unspecified atom stereocenters. The van der Waals surface area contributed by atoms with Gasteiger partial charge in [0, 0.05) is 43.3 Å². The molecule has 2 N–H and O–H groups in total. The molecule has 0 spiro atoms. The fraction of sp³-hybridized carbons (Fsp3) is 0.316. The zero-order valence-corrected chi connectivity index (χ0v) is 14.0. The fourth-order valence-corrected chi connectivity index (χ4v) is 3.13. The summed E-state index contributed by atoms with van der Waals surface area (Å²) in [5, 5.41) is 19.1. The smallest absolute Gasteiger partial charge is 0.335 e. The molecule has 0 radical (unpaired) electrons. The molecule has 1 aliphatic heterocycles.